The summed E-state index contributed by atoms with van der Waals surface area (Å²) in [6, 6.07) is 15.5. The quantitative estimate of drug-likeness (QED) is 0.464. The van der Waals surface area contributed by atoms with Crippen molar-refractivity contribution in [1.82, 2.24) is 14.8 Å². The summed E-state index contributed by atoms with van der Waals surface area (Å²) in [6.07, 6.45) is 4.37. The van der Waals surface area contributed by atoms with Gasteiger partial charge in [-0.3, -0.25) is 14.9 Å². The average molecular weight is 455 g/mol. The number of nitro benzene ring substituents is 1. The SMILES string of the molecule is CN1[C@@H]2CC[C@H]1CC(NC(=O)c1c(-c3ccc([N+](=O)[O-])cc3)n(C)c3ccccc13)C2.Cl. The first-order valence-corrected chi connectivity index (χ1v) is 10.8. The summed E-state index contributed by atoms with van der Waals surface area (Å²) in [7, 11) is 4.13. The van der Waals surface area contributed by atoms with Gasteiger partial charge in [-0.05, 0) is 56.5 Å². The second kappa shape index (κ2) is 8.56. The predicted molar refractivity (Wildman–Crippen MR) is 127 cm³/mol. The highest BCUT2D eigenvalue weighted by Gasteiger charge is 2.39. The van der Waals surface area contributed by atoms with Crippen molar-refractivity contribution in [3.05, 3.63) is 64.2 Å². The van der Waals surface area contributed by atoms with Gasteiger partial charge in [0.15, 0.2) is 0 Å². The zero-order valence-electron chi connectivity index (χ0n) is 18.2. The third-order valence-electron chi connectivity index (χ3n) is 7.12. The first-order chi connectivity index (χ1) is 14.9. The van der Waals surface area contributed by atoms with Crippen LogP contribution in [0.25, 0.3) is 22.2 Å². The van der Waals surface area contributed by atoms with Crippen LogP contribution in [0.3, 0.4) is 0 Å². The van der Waals surface area contributed by atoms with Gasteiger partial charge in [-0.15, -0.1) is 12.4 Å². The first kappa shape index (κ1) is 22.3. The largest absolute Gasteiger partial charge is 0.349 e. The monoisotopic (exact) mass is 454 g/mol. The number of rotatable bonds is 4. The van der Waals surface area contributed by atoms with E-state index in [1.54, 1.807) is 12.1 Å². The summed E-state index contributed by atoms with van der Waals surface area (Å²) in [5, 5.41) is 15.3. The van der Waals surface area contributed by atoms with E-state index in [0.29, 0.717) is 17.6 Å². The lowest BCUT2D eigenvalue weighted by Gasteiger charge is -2.36. The standard InChI is InChI=1S/C24H26N4O3.ClH/c1-26-18-11-12-19(26)14-16(13-18)25-24(29)22-20-5-3-4-6-21(20)27(2)23(22)15-7-9-17(10-8-15)28(30)31;/h3-10,16,18-19H,11-14H2,1-2H3,(H,25,29);1H/t16?,18-,19+;. The van der Waals surface area contributed by atoms with E-state index in [0.717, 1.165) is 35.0 Å². The van der Waals surface area contributed by atoms with E-state index in [4.69, 9.17) is 0 Å². The molecule has 2 bridgehead atoms. The number of nitro groups is 1. The van der Waals surface area contributed by atoms with Crippen LogP contribution < -0.4 is 5.32 Å². The Morgan fingerprint density at radius 2 is 1.66 bits per heavy atom. The molecule has 2 aliphatic rings. The maximum absolute atomic E-state index is 13.6. The zero-order valence-corrected chi connectivity index (χ0v) is 19.0. The summed E-state index contributed by atoms with van der Waals surface area (Å²) >= 11 is 0. The van der Waals surface area contributed by atoms with Gasteiger partial charge in [0.05, 0.1) is 16.2 Å². The number of para-hydroxylation sites is 1. The van der Waals surface area contributed by atoms with Crippen LogP contribution in [0.2, 0.25) is 0 Å². The molecule has 1 aromatic heterocycles. The molecule has 168 valence electrons. The van der Waals surface area contributed by atoms with Crippen molar-refractivity contribution >= 4 is 34.9 Å². The number of piperidine rings is 1. The van der Waals surface area contributed by atoms with E-state index in [9.17, 15) is 14.9 Å². The molecule has 2 aromatic carbocycles. The third-order valence-corrected chi connectivity index (χ3v) is 7.12. The molecular weight excluding hydrogens is 428 g/mol. The Balaban J connectivity index is 0.00000245. The van der Waals surface area contributed by atoms with Crippen LogP contribution in [-0.2, 0) is 7.05 Å². The summed E-state index contributed by atoms with van der Waals surface area (Å²) in [4.78, 5) is 26.7. The molecule has 2 saturated heterocycles. The van der Waals surface area contributed by atoms with Crippen molar-refractivity contribution in [2.45, 2.75) is 43.8 Å². The Kier molecular flexibility index (Phi) is 5.97. The van der Waals surface area contributed by atoms with Crippen LogP contribution in [-0.4, -0.2) is 45.5 Å². The molecule has 3 aromatic rings. The highest BCUT2D eigenvalue weighted by molar-refractivity contribution is 6.12. The molecule has 7 nitrogen and oxygen atoms in total. The molecule has 0 saturated carbocycles. The molecule has 3 heterocycles. The van der Waals surface area contributed by atoms with Gasteiger partial charge in [-0.2, -0.15) is 0 Å². The fourth-order valence-corrected chi connectivity index (χ4v) is 5.49. The normalized spacial score (nSPS) is 22.5. The molecule has 0 spiro atoms. The number of aromatic nitrogens is 1. The fourth-order valence-electron chi connectivity index (χ4n) is 5.49. The van der Waals surface area contributed by atoms with E-state index in [1.807, 2.05) is 35.9 Å². The molecule has 8 heteroatoms. The van der Waals surface area contributed by atoms with Crippen molar-refractivity contribution in [1.29, 1.82) is 0 Å². The van der Waals surface area contributed by atoms with Gasteiger partial charge in [0, 0.05) is 48.2 Å². The van der Waals surface area contributed by atoms with Crippen LogP contribution >= 0.6 is 12.4 Å². The number of aryl methyl sites for hydroxylation is 1. The number of hydrogen-bond donors (Lipinski definition) is 1. The number of non-ortho nitro benzene ring substituents is 1. The third kappa shape index (κ3) is 3.65. The van der Waals surface area contributed by atoms with Gasteiger partial charge in [0.1, 0.15) is 0 Å². The zero-order chi connectivity index (χ0) is 21.7. The number of nitrogens with one attached hydrogen (secondary N) is 1. The van der Waals surface area contributed by atoms with Crippen molar-refractivity contribution in [3.8, 4) is 11.3 Å². The van der Waals surface area contributed by atoms with E-state index in [-0.39, 0.29) is 30.0 Å². The molecule has 32 heavy (non-hydrogen) atoms. The molecule has 2 aliphatic heterocycles. The lowest BCUT2D eigenvalue weighted by molar-refractivity contribution is -0.384. The summed E-state index contributed by atoms with van der Waals surface area (Å²) in [5.41, 5.74) is 3.21. The van der Waals surface area contributed by atoms with Crippen LogP contribution in [0.5, 0.6) is 0 Å². The Morgan fingerprint density at radius 1 is 1.03 bits per heavy atom. The number of carbonyl (C=O) groups is 1. The predicted octanol–water partition coefficient (Wildman–Crippen LogP) is 4.53. The van der Waals surface area contributed by atoms with Crippen molar-refractivity contribution < 1.29 is 9.72 Å². The van der Waals surface area contributed by atoms with Gasteiger partial charge in [0.2, 0.25) is 0 Å². The molecule has 5 rings (SSSR count). The maximum atomic E-state index is 13.6. The lowest BCUT2D eigenvalue weighted by Crippen LogP contribution is -2.48. The molecule has 0 radical (unpaired) electrons. The number of hydrogen-bond acceptors (Lipinski definition) is 4. The highest BCUT2D eigenvalue weighted by Crippen LogP contribution is 2.36. The smallest absolute Gasteiger partial charge is 0.269 e. The molecule has 0 aliphatic carbocycles. The lowest BCUT2D eigenvalue weighted by atomic mass is 9.97. The minimum absolute atomic E-state index is 0. The number of fused-ring (bicyclic) bond motifs is 3. The number of nitrogens with zero attached hydrogens (tertiary/aromatic N) is 3. The molecule has 1 amide bonds. The van der Waals surface area contributed by atoms with Crippen LogP contribution in [0.1, 0.15) is 36.0 Å². The second-order valence-corrected chi connectivity index (χ2v) is 8.80. The van der Waals surface area contributed by atoms with Gasteiger partial charge in [0.25, 0.3) is 11.6 Å². The number of amides is 1. The first-order valence-electron chi connectivity index (χ1n) is 10.8. The van der Waals surface area contributed by atoms with Crippen molar-refractivity contribution in [3.63, 3.8) is 0 Å². The summed E-state index contributed by atoms with van der Waals surface area (Å²) < 4.78 is 2.00. The number of halogens is 1. The van der Waals surface area contributed by atoms with Crippen LogP contribution in [0.4, 0.5) is 5.69 Å². The molecular formula is C24H27ClN4O3. The summed E-state index contributed by atoms with van der Waals surface area (Å²) in [6.45, 7) is 0. The Morgan fingerprint density at radius 3 is 2.28 bits per heavy atom. The fraction of sp³-hybridized carbons (Fsp3) is 0.375. The number of carbonyl (C=O) groups excluding carboxylic acids is 1. The van der Waals surface area contributed by atoms with Gasteiger partial charge >= 0.3 is 0 Å². The van der Waals surface area contributed by atoms with E-state index < -0.39 is 4.92 Å². The highest BCUT2D eigenvalue weighted by atomic mass is 35.5. The Labute approximate surface area is 193 Å². The second-order valence-electron chi connectivity index (χ2n) is 8.80. The average Bonchev–Trinajstić information content (AvgIpc) is 3.15. The molecule has 1 N–H and O–H groups in total. The van der Waals surface area contributed by atoms with E-state index in [2.05, 4.69) is 17.3 Å². The minimum Gasteiger partial charge on any atom is -0.349 e. The van der Waals surface area contributed by atoms with Crippen LogP contribution in [0.15, 0.2) is 48.5 Å². The van der Waals surface area contributed by atoms with Crippen LogP contribution in [0, 0.1) is 10.1 Å². The molecule has 1 unspecified atom stereocenters. The topological polar surface area (TPSA) is 80.4 Å². The van der Waals surface area contributed by atoms with Crippen molar-refractivity contribution in [2.24, 2.45) is 7.05 Å². The van der Waals surface area contributed by atoms with Gasteiger partial charge in [-0.1, -0.05) is 18.2 Å². The minimum atomic E-state index is -0.409. The van der Waals surface area contributed by atoms with Crippen molar-refractivity contribution in [2.75, 3.05) is 7.05 Å². The van der Waals surface area contributed by atoms with E-state index in [1.165, 1.54) is 25.0 Å². The Hall–Kier alpha value is -2.90. The molecule has 3 atom stereocenters. The number of benzene rings is 2. The summed E-state index contributed by atoms with van der Waals surface area (Å²) in [5.74, 6) is -0.0703. The maximum Gasteiger partial charge on any atom is 0.269 e. The Bertz CT molecular complexity index is 1160. The van der Waals surface area contributed by atoms with Gasteiger partial charge < -0.3 is 14.8 Å². The van der Waals surface area contributed by atoms with Gasteiger partial charge in [-0.25, -0.2) is 0 Å². The van der Waals surface area contributed by atoms with E-state index >= 15 is 0 Å². The molecule has 2 fully saturated rings.